The van der Waals surface area contributed by atoms with Gasteiger partial charge in [0.25, 0.3) is 0 Å². The van der Waals surface area contributed by atoms with Gasteiger partial charge in [0, 0.05) is 26.2 Å². The van der Waals surface area contributed by atoms with E-state index in [1.54, 1.807) is 6.07 Å². The fourth-order valence-electron chi connectivity index (χ4n) is 2.23. The summed E-state index contributed by atoms with van der Waals surface area (Å²) in [5, 5.41) is 3.26. The maximum absolute atomic E-state index is 13.6. The average molecular weight is 287 g/mol. The average Bonchev–Trinajstić information content (AvgIpc) is 2.44. The third-order valence-electron chi connectivity index (χ3n) is 3.20. The zero-order chi connectivity index (χ0) is 13.8. The largest absolute Gasteiger partial charge is 0.468 e. The van der Waals surface area contributed by atoms with Crippen LogP contribution in [0.3, 0.4) is 0 Å². The van der Waals surface area contributed by atoms with Crippen molar-refractivity contribution >= 4 is 17.6 Å². The zero-order valence-corrected chi connectivity index (χ0v) is 11.4. The first-order chi connectivity index (χ1) is 9.13. The second kappa shape index (κ2) is 6.32. The number of carbonyl (C=O) groups excluding carboxylic acids is 1. The summed E-state index contributed by atoms with van der Waals surface area (Å²) >= 11 is 5.67. The molecule has 19 heavy (non-hydrogen) atoms. The molecule has 104 valence electrons. The van der Waals surface area contributed by atoms with Crippen molar-refractivity contribution in [3.05, 3.63) is 34.6 Å². The standard InChI is InChI=1S/C13H16ClFN2O2/c1-19-13(18)12(17-6-4-16-5-7-17)9-2-3-10(14)11(15)8-9/h2-3,8,12,16H,4-7H2,1H3. The van der Waals surface area contributed by atoms with Crippen molar-refractivity contribution < 1.29 is 13.9 Å². The summed E-state index contributed by atoms with van der Waals surface area (Å²) in [5.74, 6) is -0.910. The molecule has 0 saturated carbocycles. The number of nitrogens with one attached hydrogen (secondary N) is 1. The van der Waals surface area contributed by atoms with Gasteiger partial charge in [0.1, 0.15) is 11.9 Å². The highest BCUT2D eigenvalue weighted by atomic mass is 35.5. The predicted octanol–water partition coefficient (Wildman–Crippen LogP) is 1.60. The highest BCUT2D eigenvalue weighted by Gasteiger charge is 2.30. The maximum atomic E-state index is 13.6. The van der Waals surface area contributed by atoms with Gasteiger partial charge in [-0.1, -0.05) is 17.7 Å². The smallest absolute Gasteiger partial charge is 0.327 e. The summed E-state index contributed by atoms with van der Waals surface area (Å²) in [4.78, 5) is 13.9. The lowest BCUT2D eigenvalue weighted by molar-refractivity contribution is -0.147. The number of hydrogen-bond acceptors (Lipinski definition) is 4. The van der Waals surface area contributed by atoms with Crippen LogP contribution in [0.5, 0.6) is 0 Å². The van der Waals surface area contributed by atoms with Gasteiger partial charge in [0.05, 0.1) is 12.1 Å². The number of piperazine rings is 1. The van der Waals surface area contributed by atoms with Crippen molar-refractivity contribution in [2.45, 2.75) is 6.04 Å². The summed E-state index contributed by atoms with van der Waals surface area (Å²) in [5.41, 5.74) is 0.565. The van der Waals surface area contributed by atoms with Gasteiger partial charge in [-0.15, -0.1) is 0 Å². The molecular formula is C13H16ClFN2O2. The lowest BCUT2D eigenvalue weighted by Crippen LogP contribution is -2.47. The molecule has 1 atom stereocenters. The number of carbonyl (C=O) groups is 1. The van der Waals surface area contributed by atoms with Crippen LogP contribution in [0, 0.1) is 5.82 Å². The van der Waals surface area contributed by atoms with Crippen LogP contribution < -0.4 is 5.32 Å². The van der Waals surface area contributed by atoms with Crippen LogP contribution in [0.15, 0.2) is 18.2 Å². The van der Waals surface area contributed by atoms with Gasteiger partial charge in [-0.3, -0.25) is 4.90 Å². The van der Waals surface area contributed by atoms with E-state index in [-0.39, 0.29) is 11.0 Å². The van der Waals surface area contributed by atoms with Crippen molar-refractivity contribution in [1.82, 2.24) is 10.2 Å². The van der Waals surface area contributed by atoms with Crippen LogP contribution >= 0.6 is 11.6 Å². The molecule has 4 nitrogen and oxygen atoms in total. The minimum absolute atomic E-state index is 0.0488. The second-order valence-electron chi connectivity index (χ2n) is 4.39. The monoisotopic (exact) mass is 286 g/mol. The molecule has 1 aromatic carbocycles. The summed E-state index contributed by atoms with van der Waals surface area (Å²) in [7, 11) is 1.34. The lowest BCUT2D eigenvalue weighted by Gasteiger charge is -2.33. The Morgan fingerprint density at radius 3 is 2.74 bits per heavy atom. The molecule has 1 aliphatic heterocycles. The van der Waals surface area contributed by atoms with E-state index in [1.807, 2.05) is 4.90 Å². The topological polar surface area (TPSA) is 41.6 Å². The highest BCUT2D eigenvalue weighted by Crippen LogP contribution is 2.26. The third kappa shape index (κ3) is 3.23. The van der Waals surface area contributed by atoms with Crippen molar-refractivity contribution in [1.29, 1.82) is 0 Å². The highest BCUT2D eigenvalue weighted by molar-refractivity contribution is 6.30. The molecule has 0 radical (unpaired) electrons. The SMILES string of the molecule is COC(=O)C(c1ccc(Cl)c(F)c1)N1CCNCC1. The van der Waals surface area contributed by atoms with E-state index < -0.39 is 11.9 Å². The number of halogens is 2. The van der Waals surface area contributed by atoms with E-state index >= 15 is 0 Å². The van der Waals surface area contributed by atoms with Crippen LogP contribution in [0.25, 0.3) is 0 Å². The molecule has 1 saturated heterocycles. The number of nitrogens with zero attached hydrogens (tertiary/aromatic N) is 1. The molecular weight excluding hydrogens is 271 g/mol. The Bertz CT molecular complexity index is 464. The molecule has 1 heterocycles. The molecule has 1 aliphatic rings. The van der Waals surface area contributed by atoms with Crippen LogP contribution in [0.4, 0.5) is 4.39 Å². The van der Waals surface area contributed by atoms with Gasteiger partial charge in [-0.05, 0) is 17.7 Å². The molecule has 0 aliphatic carbocycles. The molecule has 0 spiro atoms. The van der Waals surface area contributed by atoms with E-state index in [4.69, 9.17) is 16.3 Å². The van der Waals surface area contributed by atoms with Crippen molar-refractivity contribution in [2.24, 2.45) is 0 Å². The fourth-order valence-corrected chi connectivity index (χ4v) is 2.35. The fraction of sp³-hybridized carbons (Fsp3) is 0.462. The van der Waals surface area contributed by atoms with Crippen LogP contribution in [0.2, 0.25) is 5.02 Å². The first-order valence-electron chi connectivity index (χ1n) is 6.11. The van der Waals surface area contributed by atoms with E-state index in [0.717, 1.165) is 13.1 Å². The minimum atomic E-state index is -0.584. The van der Waals surface area contributed by atoms with Crippen molar-refractivity contribution in [3.8, 4) is 0 Å². The molecule has 1 unspecified atom stereocenters. The Kier molecular flexibility index (Phi) is 4.74. The van der Waals surface area contributed by atoms with Gasteiger partial charge < -0.3 is 10.1 Å². The van der Waals surface area contributed by atoms with Gasteiger partial charge in [-0.25, -0.2) is 9.18 Å². The Morgan fingerprint density at radius 1 is 1.47 bits per heavy atom. The number of ether oxygens (including phenoxy) is 1. The van der Waals surface area contributed by atoms with Gasteiger partial charge >= 0.3 is 5.97 Å². The molecule has 1 N–H and O–H groups in total. The first-order valence-corrected chi connectivity index (χ1v) is 6.49. The number of esters is 1. The Morgan fingerprint density at radius 2 is 2.16 bits per heavy atom. The Labute approximate surface area is 116 Å². The second-order valence-corrected chi connectivity index (χ2v) is 4.79. The third-order valence-corrected chi connectivity index (χ3v) is 3.51. The Hall–Kier alpha value is -1.17. The number of benzene rings is 1. The van der Waals surface area contributed by atoms with Crippen LogP contribution in [-0.4, -0.2) is 44.2 Å². The van der Waals surface area contributed by atoms with E-state index in [0.29, 0.717) is 18.7 Å². The quantitative estimate of drug-likeness (QED) is 0.857. The summed E-state index contributed by atoms with van der Waals surface area (Å²) in [6, 6.07) is 3.84. The van der Waals surface area contributed by atoms with E-state index in [9.17, 15) is 9.18 Å². The minimum Gasteiger partial charge on any atom is -0.468 e. The molecule has 0 aromatic heterocycles. The molecule has 6 heteroatoms. The first kappa shape index (κ1) is 14.2. The molecule has 1 fully saturated rings. The Balaban J connectivity index is 2.30. The van der Waals surface area contributed by atoms with Gasteiger partial charge in [0.2, 0.25) is 0 Å². The van der Waals surface area contributed by atoms with Crippen LogP contribution in [-0.2, 0) is 9.53 Å². The van der Waals surface area contributed by atoms with E-state index in [1.165, 1.54) is 19.2 Å². The number of hydrogen-bond donors (Lipinski definition) is 1. The summed E-state index contributed by atoms with van der Waals surface area (Å²) < 4.78 is 18.4. The molecule has 2 rings (SSSR count). The summed E-state index contributed by atoms with van der Waals surface area (Å²) in [6.07, 6.45) is 0. The lowest BCUT2D eigenvalue weighted by atomic mass is 10.0. The van der Waals surface area contributed by atoms with E-state index in [2.05, 4.69) is 5.32 Å². The normalized spacial score (nSPS) is 18.1. The summed E-state index contributed by atoms with van der Waals surface area (Å²) in [6.45, 7) is 3.02. The van der Waals surface area contributed by atoms with Gasteiger partial charge in [-0.2, -0.15) is 0 Å². The molecule has 1 aromatic rings. The number of rotatable bonds is 3. The van der Waals surface area contributed by atoms with Crippen LogP contribution in [0.1, 0.15) is 11.6 Å². The zero-order valence-electron chi connectivity index (χ0n) is 10.7. The maximum Gasteiger partial charge on any atom is 0.327 e. The molecule has 0 bridgehead atoms. The van der Waals surface area contributed by atoms with Gasteiger partial charge in [0.15, 0.2) is 0 Å². The predicted molar refractivity (Wildman–Crippen MR) is 70.6 cm³/mol. The van der Waals surface area contributed by atoms with Crippen molar-refractivity contribution in [2.75, 3.05) is 33.3 Å². The van der Waals surface area contributed by atoms with Crippen molar-refractivity contribution in [3.63, 3.8) is 0 Å². The number of methoxy groups -OCH3 is 1. The molecule has 0 amide bonds.